The van der Waals surface area contributed by atoms with Crippen LogP contribution in [-0.2, 0) is 9.59 Å². The second-order valence-electron chi connectivity index (χ2n) is 6.17. The maximum Gasteiger partial charge on any atom is 0.151 e. The van der Waals surface area contributed by atoms with Gasteiger partial charge in [-0.3, -0.25) is 9.59 Å². The molecule has 3 nitrogen and oxygen atoms in total. The number of fused-ring (bicyclic) bond motifs is 2. The molecule has 0 N–H and O–H groups in total. The topological polar surface area (TPSA) is 43.4 Å². The molecular formula is C19H19ClO3. The SMILES string of the molecule is CCC#Cc1cc(Cl)c(C2C(=O)C3CCC(C3)C2=O)c(OC)c1. The Kier molecular flexibility index (Phi) is 4.46. The minimum atomic E-state index is -0.781. The average Bonchev–Trinajstić information content (AvgIpc) is 2.99. The molecule has 2 saturated carbocycles. The molecule has 0 spiro atoms. The van der Waals surface area contributed by atoms with Crippen LogP contribution in [0.4, 0.5) is 0 Å². The Labute approximate surface area is 141 Å². The van der Waals surface area contributed by atoms with Gasteiger partial charge in [0.25, 0.3) is 0 Å². The summed E-state index contributed by atoms with van der Waals surface area (Å²) in [6, 6.07) is 3.49. The van der Waals surface area contributed by atoms with Gasteiger partial charge >= 0.3 is 0 Å². The second kappa shape index (κ2) is 6.37. The molecule has 120 valence electrons. The maximum atomic E-state index is 12.7. The van der Waals surface area contributed by atoms with Crippen molar-refractivity contribution in [2.24, 2.45) is 11.8 Å². The van der Waals surface area contributed by atoms with Crippen LogP contribution in [0.5, 0.6) is 5.75 Å². The first-order valence-corrected chi connectivity index (χ1v) is 8.38. The Morgan fingerprint density at radius 3 is 2.43 bits per heavy atom. The fourth-order valence-electron chi connectivity index (χ4n) is 3.70. The number of benzene rings is 1. The fraction of sp³-hybridized carbons (Fsp3) is 0.474. The van der Waals surface area contributed by atoms with Crippen LogP contribution in [-0.4, -0.2) is 18.7 Å². The first-order valence-electron chi connectivity index (χ1n) is 8.00. The summed E-state index contributed by atoms with van der Waals surface area (Å²) in [7, 11) is 1.53. The molecule has 0 aromatic heterocycles. The zero-order valence-electron chi connectivity index (χ0n) is 13.3. The highest BCUT2D eigenvalue weighted by Crippen LogP contribution is 2.47. The molecule has 2 fully saturated rings. The van der Waals surface area contributed by atoms with E-state index in [-0.39, 0.29) is 23.4 Å². The summed E-state index contributed by atoms with van der Waals surface area (Å²) >= 11 is 6.42. The Hall–Kier alpha value is -1.79. The third-order valence-corrected chi connectivity index (χ3v) is 5.13. The van der Waals surface area contributed by atoms with Gasteiger partial charge < -0.3 is 4.74 Å². The molecule has 0 saturated heterocycles. The van der Waals surface area contributed by atoms with Gasteiger partial charge in [0.05, 0.1) is 7.11 Å². The zero-order valence-corrected chi connectivity index (χ0v) is 14.1. The number of halogens is 1. The van der Waals surface area contributed by atoms with E-state index in [2.05, 4.69) is 11.8 Å². The molecule has 2 atom stereocenters. The van der Waals surface area contributed by atoms with E-state index in [0.29, 0.717) is 22.8 Å². The summed E-state index contributed by atoms with van der Waals surface area (Å²) in [5, 5.41) is 0.387. The summed E-state index contributed by atoms with van der Waals surface area (Å²) in [5.74, 6) is 5.66. The minimum Gasteiger partial charge on any atom is -0.496 e. The van der Waals surface area contributed by atoms with E-state index in [4.69, 9.17) is 16.3 Å². The monoisotopic (exact) mass is 330 g/mol. The van der Waals surface area contributed by atoms with Crippen LogP contribution in [0, 0.1) is 23.7 Å². The molecule has 2 bridgehead atoms. The van der Waals surface area contributed by atoms with E-state index in [1.54, 1.807) is 12.1 Å². The van der Waals surface area contributed by atoms with Gasteiger partial charge in [-0.25, -0.2) is 0 Å². The van der Waals surface area contributed by atoms with Crippen molar-refractivity contribution in [1.29, 1.82) is 0 Å². The van der Waals surface area contributed by atoms with Crippen LogP contribution in [0.3, 0.4) is 0 Å². The highest BCUT2D eigenvalue weighted by atomic mass is 35.5. The zero-order chi connectivity index (χ0) is 16.6. The van der Waals surface area contributed by atoms with Crippen LogP contribution in [0.2, 0.25) is 5.02 Å². The van der Waals surface area contributed by atoms with Crippen molar-refractivity contribution >= 4 is 23.2 Å². The summed E-state index contributed by atoms with van der Waals surface area (Å²) in [6.45, 7) is 1.97. The standard InChI is InChI=1S/C19H19ClO3/c1-3-4-5-11-8-14(20)16(15(9-11)23-2)17-18(21)12-6-7-13(10-12)19(17)22/h8-9,12-13,17H,3,6-7,10H2,1-2H3. The molecule has 23 heavy (non-hydrogen) atoms. The highest BCUT2D eigenvalue weighted by molar-refractivity contribution is 6.33. The molecule has 0 heterocycles. The van der Waals surface area contributed by atoms with E-state index in [1.165, 1.54) is 7.11 Å². The number of carbonyl (C=O) groups excluding carboxylic acids is 2. The van der Waals surface area contributed by atoms with Crippen LogP contribution in [0.1, 0.15) is 49.7 Å². The lowest BCUT2D eigenvalue weighted by Crippen LogP contribution is -2.35. The predicted molar refractivity (Wildman–Crippen MR) is 88.8 cm³/mol. The molecule has 0 aliphatic heterocycles. The second-order valence-corrected chi connectivity index (χ2v) is 6.58. The van der Waals surface area contributed by atoms with E-state index >= 15 is 0 Å². The Balaban J connectivity index is 2.08. The smallest absolute Gasteiger partial charge is 0.151 e. The van der Waals surface area contributed by atoms with E-state index in [1.807, 2.05) is 6.92 Å². The van der Waals surface area contributed by atoms with Gasteiger partial charge in [0.1, 0.15) is 11.7 Å². The fourth-order valence-corrected chi connectivity index (χ4v) is 4.02. The Morgan fingerprint density at radius 1 is 1.22 bits per heavy atom. The van der Waals surface area contributed by atoms with Crippen molar-refractivity contribution in [2.75, 3.05) is 7.11 Å². The number of hydrogen-bond donors (Lipinski definition) is 0. The molecule has 4 heteroatoms. The summed E-state index contributed by atoms with van der Waals surface area (Å²) in [6.07, 6.45) is 3.07. The van der Waals surface area contributed by atoms with Crippen molar-refractivity contribution in [3.05, 3.63) is 28.3 Å². The van der Waals surface area contributed by atoms with Gasteiger partial charge in [-0.05, 0) is 31.4 Å². The Morgan fingerprint density at radius 2 is 1.87 bits per heavy atom. The lowest BCUT2D eigenvalue weighted by Gasteiger charge is -2.27. The number of ether oxygens (including phenoxy) is 1. The largest absolute Gasteiger partial charge is 0.496 e. The van der Waals surface area contributed by atoms with Crippen LogP contribution >= 0.6 is 11.6 Å². The summed E-state index contributed by atoms with van der Waals surface area (Å²) in [4.78, 5) is 25.4. The number of Topliss-reactive ketones (excluding diaryl/α,β-unsaturated/α-hetero) is 2. The van der Waals surface area contributed by atoms with E-state index in [0.717, 1.165) is 24.8 Å². The summed E-state index contributed by atoms with van der Waals surface area (Å²) < 4.78 is 5.43. The average molecular weight is 331 g/mol. The van der Waals surface area contributed by atoms with Gasteiger partial charge in [0, 0.05) is 34.4 Å². The molecule has 0 radical (unpaired) electrons. The summed E-state index contributed by atoms with van der Waals surface area (Å²) in [5.41, 5.74) is 1.25. The Bertz CT molecular complexity index is 704. The van der Waals surface area contributed by atoms with Crippen molar-refractivity contribution in [1.82, 2.24) is 0 Å². The first-order chi connectivity index (χ1) is 11.1. The third-order valence-electron chi connectivity index (χ3n) is 4.82. The molecule has 2 aliphatic rings. The van der Waals surface area contributed by atoms with E-state index < -0.39 is 5.92 Å². The van der Waals surface area contributed by atoms with Crippen molar-refractivity contribution in [3.8, 4) is 17.6 Å². The molecule has 2 aliphatic carbocycles. The molecule has 0 amide bonds. The lowest BCUT2D eigenvalue weighted by atomic mass is 9.75. The highest BCUT2D eigenvalue weighted by Gasteiger charge is 2.48. The number of carbonyl (C=O) groups is 2. The van der Waals surface area contributed by atoms with Crippen molar-refractivity contribution in [2.45, 2.75) is 38.5 Å². The quantitative estimate of drug-likeness (QED) is 0.612. The predicted octanol–water partition coefficient (Wildman–Crippen LogP) is 3.76. The van der Waals surface area contributed by atoms with Crippen molar-refractivity contribution < 1.29 is 14.3 Å². The lowest BCUT2D eigenvalue weighted by molar-refractivity contribution is -0.136. The number of rotatable bonds is 2. The van der Waals surface area contributed by atoms with Gasteiger partial charge in [0.15, 0.2) is 11.6 Å². The van der Waals surface area contributed by atoms with Gasteiger partial charge in [-0.2, -0.15) is 0 Å². The maximum absolute atomic E-state index is 12.7. The minimum absolute atomic E-state index is 0.00339. The molecule has 1 aromatic carbocycles. The van der Waals surface area contributed by atoms with Gasteiger partial charge in [-0.1, -0.05) is 30.4 Å². The third kappa shape index (κ3) is 2.77. The van der Waals surface area contributed by atoms with Gasteiger partial charge in [-0.15, -0.1) is 0 Å². The molecular weight excluding hydrogens is 312 g/mol. The van der Waals surface area contributed by atoms with Gasteiger partial charge in [0.2, 0.25) is 0 Å². The first kappa shape index (κ1) is 16.1. The van der Waals surface area contributed by atoms with Crippen LogP contribution < -0.4 is 4.74 Å². The number of ketones is 2. The molecule has 3 rings (SSSR count). The number of methoxy groups -OCH3 is 1. The van der Waals surface area contributed by atoms with E-state index in [9.17, 15) is 9.59 Å². The number of hydrogen-bond acceptors (Lipinski definition) is 3. The normalized spacial score (nSPS) is 26.0. The van der Waals surface area contributed by atoms with Crippen molar-refractivity contribution in [3.63, 3.8) is 0 Å². The molecule has 2 unspecified atom stereocenters. The van der Waals surface area contributed by atoms with Crippen LogP contribution in [0.15, 0.2) is 12.1 Å². The van der Waals surface area contributed by atoms with Crippen LogP contribution in [0.25, 0.3) is 0 Å². The molecule has 1 aromatic rings.